The van der Waals surface area contributed by atoms with Crippen LogP contribution >= 0.6 is 12.4 Å². The minimum Gasteiger partial charge on any atom is -0.316 e. The van der Waals surface area contributed by atoms with Gasteiger partial charge in [0.2, 0.25) is 10.0 Å². The van der Waals surface area contributed by atoms with E-state index in [9.17, 15) is 8.42 Å². The predicted octanol–water partition coefficient (Wildman–Crippen LogP) is 1.85. The molecule has 0 radical (unpaired) electrons. The van der Waals surface area contributed by atoms with E-state index in [-0.39, 0.29) is 17.3 Å². The fourth-order valence-electron chi connectivity index (χ4n) is 2.65. The molecule has 0 aliphatic carbocycles. The smallest absolute Gasteiger partial charge is 0.242 e. The van der Waals surface area contributed by atoms with E-state index in [1.165, 1.54) is 0 Å². The number of sulfonamides is 1. The van der Waals surface area contributed by atoms with Crippen LogP contribution in [0.2, 0.25) is 0 Å². The van der Waals surface area contributed by atoms with Crippen molar-refractivity contribution in [2.75, 3.05) is 19.6 Å². The Kier molecular flexibility index (Phi) is 5.39. The third-order valence-corrected chi connectivity index (χ3v) is 5.28. The SMILES string of the molecule is Cc1cnc2c(S(=O)(=O)NCC3CCNC3)cccc2c1.Cl. The van der Waals surface area contributed by atoms with Crippen LogP contribution in [0.25, 0.3) is 10.9 Å². The van der Waals surface area contributed by atoms with Gasteiger partial charge in [-0.05, 0) is 50.0 Å². The number of hydrogen-bond acceptors (Lipinski definition) is 4. The van der Waals surface area contributed by atoms with Crippen LogP contribution in [-0.2, 0) is 10.0 Å². The normalized spacial score (nSPS) is 18.3. The number of nitrogens with one attached hydrogen (secondary N) is 2. The van der Waals surface area contributed by atoms with E-state index in [1.807, 2.05) is 19.1 Å². The van der Waals surface area contributed by atoms with E-state index in [1.54, 1.807) is 18.3 Å². The summed E-state index contributed by atoms with van der Waals surface area (Å²) >= 11 is 0. The molecule has 0 saturated carbocycles. The lowest BCUT2D eigenvalue weighted by molar-refractivity contribution is 0.539. The molecule has 1 fully saturated rings. The van der Waals surface area contributed by atoms with Crippen molar-refractivity contribution in [3.63, 3.8) is 0 Å². The van der Waals surface area contributed by atoms with Crippen LogP contribution in [0.1, 0.15) is 12.0 Å². The first-order valence-electron chi connectivity index (χ1n) is 7.12. The minimum atomic E-state index is -3.53. The van der Waals surface area contributed by atoms with E-state index >= 15 is 0 Å². The highest BCUT2D eigenvalue weighted by atomic mass is 35.5. The highest BCUT2D eigenvalue weighted by Gasteiger charge is 2.21. The lowest BCUT2D eigenvalue weighted by Crippen LogP contribution is -2.30. The number of benzene rings is 1. The lowest BCUT2D eigenvalue weighted by Gasteiger charge is -2.12. The third-order valence-electron chi connectivity index (χ3n) is 3.82. The van der Waals surface area contributed by atoms with Gasteiger partial charge in [-0.1, -0.05) is 12.1 Å². The van der Waals surface area contributed by atoms with Crippen molar-refractivity contribution >= 4 is 33.3 Å². The van der Waals surface area contributed by atoms with Crippen LogP contribution in [0.5, 0.6) is 0 Å². The molecule has 1 aliphatic rings. The Morgan fingerprint density at radius 2 is 2.23 bits per heavy atom. The quantitative estimate of drug-likeness (QED) is 0.890. The predicted molar refractivity (Wildman–Crippen MR) is 89.9 cm³/mol. The molecule has 2 heterocycles. The Morgan fingerprint density at radius 1 is 1.41 bits per heavy atom. The molecule has 120 valence electrons. The average Bonchev–Trinajstić information content (AvgIpc) is 2.97. The van der Waals surface area contributed by atoms with Gasteiger partial charge in [-0.3, -0.25) is 4.98 Å². The first kappa shape index (κ1) is 17.1. The number of fused-ring (bicyclic) bond motifs is 1. The zero-order chi connectivity index (χ0) is 14.9. The molecule has 5 nitrogen and oxygen atoms in total. The van der Waals surface area contributed by atoms with Crippen molar-refractivity contribution in [1.29, 1.82) is 0 Å². The molecular formula is C15H20ClN3O2S. The van der Waals surface area contributed by atoms with Crippen molar-refractivity contribution in [1.82, 2.24) is 15.0 Å². The fraction of sp³-hybridized carbons (Fsp3) is 0.400. The van der Waals surface area contributed by atoms with Gasteiger partial charge in [0.25, 0.3) is 0 Å². The maximum absolute atomic E-state index is 12.5. The Morgan fingerprint density at radius 3 is 2.95 bits per heavy atom. The number of rotatable bonds is 4. The standard InChI is InChI=1S/C15H19N3O2S.ClH/c1-11-7-13-3-2-4-14(15(13)17-8-11)21(19,20)18-10-12-5-6-16-9-12;/h2-4,7-8,12,16,18H,5-6,9-10H2,1H3;1H. The molecule has 7 heteroatoms. The maximum atomic E-state index is 12.5. The lowest BCUT2D eigenvalue weighted by atomic mass is 10.1. The van der Waals surface area contributed by atoms with Crippen LogP contribution in [0, 0.1) is 12.8 Å². The van der Waals surface area contributed by atoms with Crippen LogP contribution in [0.15, 0.2) is 35.4 Å². The number of hydrogen-bond donors (Lipinski definition) is 2. The van der Waals surface area contributed by atoms with Gasteiger partial charge in [0, 0.05) is 18.1 Å². The molecule has 1 aromatic carbocycles. The van der Waals surface area contributed by atoms with Crippen molar-refractivity contribution in [2.45, 2.75) is 18.2 Å². The highest BCUT2D eigenvalue weighted by Crippen LogP contribution is 2.21. The molecule has 1 aliphatic heterocycles. The van der Waals surface area contributed by atoms with Gasteiger partial charge in [-0.2, -0.15) is 0 Å². The maximum Gasteiger partial charge on any atom is 0.242 e. The van der Waals surface area contributed by atoms with E-state index in [4.69, 9.17) is 0 Å². The van der Waals surface area contributed by atoms with Crippen molar-refractivity contribution in [2.24, 2.45) is 5.92 Å². The minimum absolute atomic E-state index is 0. The first-order valence-corrected chi connectivity index (χ1v) is 8.60. The molecule has 2 aromatic rings. The molecular weight excluding hydrogens is 322 g/mol. The van der Waals surface area contributed by atoms with Crippen LogP contribution in [0.3, 0.4) is 0 Å². The number of aryl methyl sites for hydroxylation is 1. The summed E-state index contributed by atoms with van der Waals surface area (Å²) < 4.78 is 27.7. The largest absolute Gasteiger partial charge is 0.316 e. The summed E-state index contributed by atoms with van der Waals surface area (Å²) in [6.07, 6.45) is 2.71. The zero-order valence-electron chi connectivity index (χ0n) is 12.4. The second-order valence-corrected chi connectivity index (χ2v) is 7.29. The first-order chi connectivity index (χ1) is 10.1. The molecule has 0 amide bonds. The van der Waals surface area contributed by atoms with Gasteiger partial charge in [0.1, 0.15) is 4.90 Å². The zero-order valence-corrected chi connectivity index (χ0v) is 14.0. The molecule has 2 N–H and O–H groups in total. The molecule has 1 aromatic heterocycles. The number of pyridine rings is 1. The summed E-state index contributed by atoms with van der Waals surface area (Å²) in [4.78, 5) is 4.55. The Labute approximate surface area is 137 Å². The molecule has 1 unspecified atom stereocenters. The summed E-state index contributed by atoms with van der Waals surface area (Å²) in [5.41, 5.74) is 1.54. The van der Waals surface area contributed by atoms with Gasteiger partial charge >= 0.3 is 0 Å². The second-order valence-electron chi connectivity index (χ2n) is 5.55. The molecule has 22 heavy (non-hydrogen) atoms. The van der Waals surface area contributed by atoms with Crippen LogP contribution in [0.4, 0.5) is 0 Å². The number of nitrogens with zero attached hydrogens (tertiary/aromatic N) is 1. The summed E-state index contributed by atoms with van der Waals surface area (Å²) in [6.45, 7) is 4.24. The Bertz CT molecular complexity index is 758. The highest BCUT2D eigenvalue weighted by molar-refractivity contribution is 7.89. The number of aromatic nitrogens is 1. The summed E-state index contributed by atoms with van der Waals surface area (Å²) in [7, 11) is -3.53. The summed E-state index contributed by atoms with van der Waals surface area (Å²) in [6, 6.07) is 7.20. The van der Waals surface area contributed by atoms with E-state index < -0.39 is 10.0 Å². The molecule has 3 rings (SSSR count). The fourth-order valence-corrected chi connectivity index (χ4v) is 3.95. The Hall–Kier alpha value is -1.21. The number of halogens is 1. The third kappa shape index (κ3) is 3.57. The van der Waals surface area contributed by atoms with Gasteiger partial charge < -0.3 is 5.32 Å². The van der Waals surface area contributed by atoms with E-state index in [0.717, 1.165) is 30.5 Å². The monoisotopic (exact) mass is 341 g/mol. The van der Waals surface area contributed by atoms with Crippen molar-refractivity contribution < 1.29 is 8.42 Å². The van der Waals surface area contributed by atoms with Gasteiger partial charge in [-0.15, -0.1) is 12.4 Å². The van der Waals surface area contributed by atoms with Gasteiger partial charge in [0.15, 0.2) is 0 Å². The second kappa shape index (κ2) is 6.91. The Balaban J connectivity index is 0.00000176. The molecule has 1 saturated heterocycles. The summed E-state index contributed by atoms with van der Waals surface area (Å²) in [5.74, 6) is 0.366. The molecule has 1 atom stereocenters. The molecule has 0 spiro atoms. The number of para-hydroxylation sites is 1. The van der Waals surface area contributed by atoms with Crippen molar-refractivity contribution in [3.05, 3.63) is 36.0 Å². The van der Waals surface area contributed by atoms with Crippen LogP contribution in [-0.4, -0.2) is 33.0 Å². The van der Waals surface area contributed by atoms with Gasteiger partial charge in [0.05, 0.1) is 5.52 Å². The van der Waals surface area contributed by atoms with E-state index in [2.05, 4.69) is 15.0 Å². The average molecular weight is 342 g/mol. The van der Waals surface area contributed by atoms with E-state index in [0.29, 0.717) is 18.0 Å². The van der Waals surface area contributed by atoms with Crippen LogP contribution < -0.4 is 10.0 Å². The van der Waals surface area contributed by atoms with Crippen molar-refractivity contribution in [3.8, 4) is 0 Å². The molecule has 0 bridgehead atoms. The van der Waals surface area contributed by atoms with Gasteiger partial charge in [-0.25, -0.2) is 13.1 Å². The summed E-state index contributed by atoms with van der Waals surface area (Å²) in [5, 5.41) is 4.08. The topological polar surface area (TPSA) is 71.1 Å².